The topological polar surface area (TPSA) is 78.5 Å². The van der Waals surface area contributed by atoms with Gasteiger partial charge in [0.1, 0.15) is 11.6 Å². The van der Waals surface area contributed by atoms with Crippen LogP contribution in [-0.4, -0.2) is 50.7 Å². The van der Waals surface area contributed by atoms with E-state index < -0.39 is 46.1 Å². The lowest BCUT2D eigenvalue weighted by Crippen LogP contribution is -2.47. The quantitative estimate of drug-likeness (QED) is 0.479. The minimum absolute atomic E-state index is 0.106. The number of fused-ring (bicyclic) bond motifs is 1. The van der Waals surface area contributed by atoms with Crippen LogP contribution in [0.5, 0.6) is 0 Å². The third-order valence-electron chi connectivity index (χ3n) is 5.63. The lowest BCUT2D eigenvalue weighted by molar-refractivity contribution is -0.0338. The van der Waals surface area contributed by atoms with Gasteiger partial charge in [0.15, 0.2) is 0 Å². The summed E-state index contributed by atoms with van der Waals surface area (Å²) in [5.41, 5.74) is 0.320. The van der Waals surface area contributed by atoms with Crippen molar-refractivity contribution >= 4 is 43.2 Å². The van der Waals surface area contributed by atoms with Crippen LogP contribution in [-0.2, 0) is 10.0 Å². The molecule has 34 heavy (non-hydrogen) atoms. The summed E-state index contributed by atoms with van der Waals surface area (Å²) in [6, 6.07) is 6.17. The monoisotopic (exact) mass is 515 g/mol. The van der Waals surface area contributed by atoms with E-state index in [1.165, 1.54) is 22.3 Å². The van der Waals surface area contributed by atoms with Crippen LogP contribution in [0.4, 0.5) is 28.0 Å². The van der Waals surface area contributed by atoms with E-state index in [9.17, 15) is 30.8 Å². The van der Waals surface area contributed by atoms with Gasteiger partial charge in [0.05, 0.1) is 23.5 Å². The van der Waals surface area contributed by atoms with Gasteiger partial charge in [-0.05, 0) is 30.2 Å². The summed E-state index contributed by atoms with van der Waals surface area (Å²) in [4.78, 5) is 14.1. The van der Waals surface area contributed by atoms with Crippen LogP contribution < -0.4 is 10.0 Å². The molecule has 2 amide bonds. The predicted molar refractivity (Wildman–Crippen MR) is 124 cm³/mol. The van der Waals surface area contributed by atoms with E-state index in [0.29, 0.717) is 15.8 Å². The van der Waals surface area contributed by atoms with E-state index in [-0.39, 0.29) is 30.6 Å². The first kappa shape index (κ1) is 24.4. The van der Waals surface area contributed by atoms with Crippen molar-refractivity contribution in [3.8, 4) is 11.1 Å². The first-order valence-electron chi connectivity index (χ1n) is 10.3. The number of hydrogen-bond acceptors (Lipinski definition) is 4. The number of nitrogens with one attached hydrogen (secondary N) is 2. The average molecular weight is 516 g/mol. The third-order valence-corrected chi connectivity index (χ3v) is 7.29. The van der Waals surface area contributed by atoms with E-state index in [2.05, 4.69) is 5.32 Å². The molecule has 3 aromatic rings. The van der Waals surface area contributed by atoms with Gasteiger partial charge in [0.2, 0.25) is 10.0 Å². The summed E-state index contributed by atoms with van der Waals surface area (Å²) < 4.78 is 83.4. The van der Waals surface area contributed by atoms with Crippen molar-refractivity contribution < 1.29 is 30.8 Å². The summed E-state index contributed by atoms with van der Waals surface area (Å²) >= 11 is 1.26. The van der Waals surface area contributed by atoms with E-state index in [4.69, 9.17) is 0 Å². The van der Waals surface area contributed by atoms with Crippen molar-refractivity contribution in [1.82, 2.24) is 9.62 Å². The molecule has 6 nitrogen and oxygen atoms in total. The summed E-state index contributed by atoms with van der Waals surface area (Å²) in [7, 11) is -3.86. The van der Waals surface area contributed by atoms with Crippen molar-refractivity contribution in [2.75, 3.05) is 24.7 Å². The number of urea groups is 1. The van der Waals surface area contributed by atoms with Gasteiger partial charge in [-0.25, -0.2) is 35.5 Å². The molecule has 2 heterocycles. The van der Waals surface area contributed by atoms with Gasteiger partial charge in [-0.3, -0.25) is 0 Å². The van der Waals surface area contributed by atoms with E-state index in [1.54, 1.807) is 23.6 Å². The molecule has 0 spiro atoms. The Morgan fingerprint density at radius 2 is 1.79 bits per heavy atom. The van der Waals surface area contributed by atoms with Crippen molar-refractivity contribution in [2.45, 2.75) is 24.8 Å². The van der Waals surface area contributed by atoms with E-state index >= 15 is 0 Å². The molecule has 1 atom stereocenters. The van der Waals surface area contributed by atoms with Crippen LogP contribution in [0.2, 0.25) is 0 Å². The first-order chi connectivity index (χ1) is 16.0. The zero-order valence-electron chi connectivity index (χ0n) is 17.9. The highest BCUT2D eigenvalue weighted by atomic mass is 32.2. The van der Waals surface area contributed by atoms with Gasteiger partial charge in [-0.2, -0.15) is 0 Å². The highest BCUT2D eigenvalue weighted by Gasteiger charge is 2.43. The standard InChI is InChI=1S/C22H21F4N3O3S2/c1-34(31,32)28-18-8-10-29(11-9-22(18,25)26)21(30)27-16-12-33-17-7-2-4-13(20(16)17)19-14(23)5-3-6-15(19)24/h2-7,12,18,28H,8-11H2,1H3,(H,27,30)/t18-/m1/s1. The summed E-state index contributed by atoms with van der Waals surface area (Å²) in [5.74, 6) is -4.84. The normalized spacial score (nSPS) is 18.6. The third kappa shape index (κ3) is 5.03. The fraction of sp³-hybridized carbons (Fsp3) is 0.318. The Hall–Kier alpha value is -2.70. The summed E-state index contributed by atoms with van der Waals surface area (Å²) in [6.07, 6.45) is -0.191. The molecular weight excluding hydrogens is 494 g/mol. The largest absolute Gasteiger partial charge is 0.324 e. The minimum Gasteiger partial charge on any atom is -0.324 e. The fourth-order valence-electron chi connectivity index (χ4n) is 4.01. The number of hydrogen-bond donors (Lipinski definition) is 2. The molecule has 0 aliphatic carbocycles. The molecule has 1 fully saturated rings. The number of halogens is 4. The predicted octanol–water partition coefficient (Wildman–Crippen LogP) is 5.03. The Kier molecular flexibility index (Phi) is 6.58. The number of alkyl halides is 2. The van der Waals surface area contributed by atoms with Crippen molar-refractivity contribution in [3.63, 3.8) is 0 Å². The Morgan fingerprint density at radius 1 is 1.12 bits per heavy atom. The van der Waals surface area contributed by atoms with Crippen LogP contribution in [0.15, 0.2) is 41.8 Å². The van der Waals surface area contributed by atoms with Crippen LogP contribution in [0.3, 0.4) is 0 Å². The number of rotatable bonds is 4. The molecule has 12 heteroatoms. The van der Waals surface area contributed by atoms with Crippen molar-refractivity contribution in [1.29, 1.82) is 0 Å². The number of anilines is 1. The number of carbonyl (C=O) groups is 1. The maximum absolute atomic E-state index is 14.5. The number of thiophene rings is 1. The highest BCUT2D eigenvalue weighted by molar-refractivity contribution is 7.88. The maximum atomic E-state index is 14.5. The average Bonchev–Trinajstić information content (AvgIpc) is 3.08. The number of nitrogens with zero attached hydrogens (tertiary/aromatic N) is 1. The van der Waals surface area contributed by atoms with Crippen LogP contribution in [0.25, 0.3) is 21.2 Å². The van der Waals surface area contributed by atoms with Crippen LogP contribution in [0, 0.1) is 11.6 Å². The second kappa shape index (κ2) is 9.16. The lowest BCUT2D eigenvalue weighted by atomic mass is 10.00. The molecule has 182 valence electrons. The second-order valence-corrected chi connectivity index (χ2v) is 10.8. The number of likely N-dealkylation sites (tertiary alicyclic amines) is 1. The molecule has 0 saturated carbocycles. The van der Waals surface area contributed by atoms with Crippen LogP contribution >= 0.6 is 11.3 Å². The molecule has 2 aromatic carbocycles. The minimum atomic E-state index is -3.86. The van der Waals surface area contributed by atoms with Gasteiger partial charge >= 0.3 is 6.03 Å². The zero-order valence-corrected chi connectivity index (χ0v) is 19.6. The van der Waals surface area contributed by atoms with E-state index in [0.717, 1.165) is 18.4 Å². The molecule has 1 aliphatic rings. The maximum Gasteiger partial charge on any atom is 0.321 e. The molecule has 0 radical (unpaired) electrons. The molecular formula is C22H21F4N3O3S2. The number of benzene rings is 2. The number of sulfonamides is 1. The highest BCUT2D eigenvalue weighted by Crippen LogP contribution is 2.40. The fourth-order valence-corrected chi connectivity index (χ4v) is 5.73. The molecule has 1 saturated heterocycles. The van der Waals surface area contributed by atoms with Gasteiger partial charge < -0.3 is 10.2 Å². The summed E-state index contributed by atoms with van der Waals surface area (Å²) in [6.45, 7) is -0.400. The smallest absolute Gasteiger partial charge is 0.321 e. The molecule has 1 aliphatic heterocycles. The lowest BCUT2D eigenvalue weighted by Gasteiger charge is -2.23. The van der Waals surface area contributed by atoms with Crippen molar-refractivity contribution in [2.24, 2.45) is 0 Å². The Balaban J connectivity index is 1.61. The van der Waals surface area contributed by atoms with Crippen molar-refractivity contribution in [3.05, 3.63) is 53.4 Å². The Morgan fingerprint density at radius 3 is 2.47 bits per heavy atom. The number of carbonyl (C=O) groups excluding carboxylic acids is 1. The summed E-state index contributed by atoms with van der Waals surface area (Å²) in [5, 5.41) is 4.72. The molecule has 0 unspecified atom stereocenters. The molecule has 4 rings (SSSR count). The van der Waals surface area contributed by atoms with Gasteiger partial charge in [-0.1, -0.05) is 18.2 Å². The first-order valence-corrected chi connectivity index (χ1v) is 13.1. The van der Waals surface area contributed by atoms with Gasteiger partial charge in [-0.15, -0.1) is 11.3 Å². The number of amides is 2. The SMILES string of the molecule is CS(=O)(=O)N[C@@H]1CCN(C(=O)Nc2csc3cccc(-c4c(F)cccc4F)c23)CCC1(F)F. The van der Waals surface area contributed by atoms with Gasteiger partial charge in [0, 0.05) is 35.0 Å². The second-order valence-electron chi connectivity index (χ2n) is 8.08. The zero-order chi connectivity index (χ0) is 24.7. The van der Waals surface area contributed by atoms with E-state index in [1.807, 2.05) is 4.72 Å². The Bertz CT molecular complexity index is 1320. The Labute approximate surface area is 197 Å². The van der Waals surface area contributed by atoms with Gasteiger partial charge in [0.25, 0.3) is 5.92 Å². The van der Waals surface area contributed by atoms with Crippen LogP contribution in [0.1, 0.15) is 12.8 Å². The molecule has 1 aromatic heterocycles. The molecule has 2 N–H and O–H groups in total. The molecule has 0 bridgehead atoms.